The van der Waals surface area contributed by atoms with Gasteiger partial charge in [-0.05, 0) is 19.8 Å². The van der Waals surface area contributed by atoms with Crippen LogP contribution in [0.25, 0.3) is 0 Å². The standard InChI is InChI=1S/C10H15N3OS/c1-7-9(15-6-13-7)5-12-8-3-2-4-11-10(8)14/h6,8,12H,2-5H2,1H3,(H,11,14). The molecule has 1 atom stereocenters. The van der Waals surface area contributed by atoms with Gasteiger partial charge < -0.3 is 10.6 Å². The van der Waals surface area contributed by atoms with Gasteiger partial charge in [-0.3, -0.25) is 4.79 Å². The first-order chi connectivity index (χ1) is 7.27. The second-order valence-corrected chi connectivity index (χ2v) is 4.67. The summed E-state index contributed by atoms with van der Waals surface area (Å²) in [4.78, 5) is 16.8. The molecule has 5 heteroatoms. The Bertz CT molecular complexity index is 350. The Morgan fingerprint density at radius 1 is 1.73 bits per heavy atom. The third-order valence-corrected chi connectivity index (χ3v) is 3.57. The summed E-state index contributed by atoms with van der Waals surface area (Å²) >= 11 is 1.63. The zero-order chi connectivity index (χ0) is 10.7. The van der Waals surface area contributed by atoms with E-state index in [1.165, 1.54) is 4.88 Å². The number of carbonyl (C=O) groups excluding carboxylic acids is 1. The van der Waals surface area contributed by atoms with Gasteiger partial charge in [-0.15, -0.1) is 11.3 Å². The highest BCUT2D eigenvalue weighted by Gasteiger charge is 2.21. The van der Waals surface area contributed by atoms with Crippen molar-refractivity contribution in [3.63, 3.8) is 0 Å². The number of rotatable bonds is 3. The van der Waals surface area contributed by atoms with E-state index in [0.29, 0.717) is 0 Å². The molecule has 0 radical (unpaired) electrons. The van der Waals surface area contributed by atoms with Gasteiger partial charge >= 0.3 is 0 Å². The van der Waals surface area contributed by atoms with Crippen molar-refractivity contribution < 1.29 is 4.79 Å². The van der Waals surface area contributed by atoms with Crippen LogP contribution in [0.15, 0.2) is 5.51 Å². The van der Waals surface area contributed by atoms with Crippen LogP contribution in [0.5, 0.6) is 0 Å². The Labute approximate surface area is 93.1 Å². The normalized spacial score (nSPS) is 21.4. The highest BCUT2D eigenvalue weighted by atomic mass is 32.1. The number of aromatic nitrogens is 1. The first kappa shape index (κ1) is 10.6. The summed E-state index contributed by atoms with van der Waals surface area (Å²) in [6.07, 6.45) is 1.99. The van der Waals surface area contributed by atoms with Crippen LogP contribution < -0.4 is 10.6 Å². The molecule has 1 aliphatic rings. The molecular formula is C10H15N3OS. The second-order valence-electron chi connectivity index (χ2n) is 3.73. The summed E-state index contributed by atoms with van der Waals surface area (Å²) < 4.78 is 0. The predicted molar refractivity (Wildman–Crippen MR) is 59.7 cm³/mol. The average molecular weight is 225 g/mol. The lowest BCUT2D eigenvalue weighted by Gasteiger charge is -2.22. The Morgan fingerprint density at radius 3 is 3.27 bits per heavy atom. The molecule has 0 aliphatic carbocycles. The number of nitrogens with zero attached hydrogens (tertiary/aromatic N) is 1. The van der Waals surface area contributed by atoms with Crippen molar-refractivity contribution in [2.45, 2.75) is 32.4 Å². The van der Waals surface area contributed by atoms with Crippen molar-refractivity contribution >= 4 is 17.2 Å². The summed E-state index contributed by atoms with van der Waals surface area (Å²) in [5.74, 6) is 0.128. The summed E-state index contributed by atoms with van der Waals surface area (Å²) in [5.41, 5.74) is 2.90. The smallest absolute Gasteiger partial charge is 0.237 e. The Hall–Kier alpha value is -0.940. The van der Waals surface area contributed by atoms with E-state index < -0.39 is 0 Å². The van der Waals surface area contributed by atoms with Crippen molar-refractivity contribution in [3.05, 3.63) is 16.1 Å². The maximum atomic E-state index is 11.5. The highest BCUT2D eigenvalue weighted by Crippen LogP contribution is 2.12. The van der Waals surface area contributed by atoms with Crippen LogP contribution in [0.2, 0.25) is 0 Å². The molecule has 2 heterocycles. The minimum Gasteiger partial charge on any atom is -0.355 e. The number of thiazole rings is 1. The van der Waals surface area contributed by atoms with Crippen LogP contribution >= 0.6 is 11.3 Å². The molecule has 0 saturated carbocycles. The van der Waals surface area contributed by atoms with Gasteiger partial charge in [-0.25, -0.2) is 4.98 Å². The molecule has 1 aromatic heterocycles. The molecule has 1 aliphatic heterocycles. The van der Waals surface area contributed by atoms with Crippen LogP contribution in [-0.4, -0.2) is 23.5 Å². The van der Waals surface area contributed by atoms with E-state index in [0.717, 1.165) is 31.6 Å². The predicted octanol–water partition coefficient (Wildman–Crippen LogP) is 0.820. The molecule has 1 amide bonds. The van der Waals surface area contributed by atoms with Gasteiger partial charge in [0.05, 0.1) is 17.2 Å². The Morgan fingerprint density at radius 2 is 2.60 bits per heavy atom. The summed E-state index contributed by atoms with van der Waals surface area (Å²) in [6.45, 7) is 3.56. The number of nitrogens with one attached hydrogen (secondary N) is 2. The zero-order valence-electron chi connectivity index (χ0n) is 8.75. The van der Waals surface area contributed by atoms with Gasteiger partial charge in [0.2, 0.25) is 5.91 Å². The van der Waals surface area contributed by atoms with Gasteiger partial charge in [-0.1, -0.05) is 0 Å². The van der Waals surface area contributed by atoms with E-state index in [1.807, 2.05) is 12.4 Å². The van der Waals surface area contributed by atoms with Gasteiger partial charge in [0.1, 0.15) is 0 Å². The van der Waals surface area contributed by atoms with Crippen molar-refractivity contribution in [1.82, 2.24) is 15.6 Å². The van der Waals surface area contributed by atoms with Gasteiger partial charge in [0.25, 0.3) is 0 Å². The van der Waals surface area contributed by atoms with E-state index in [4.69, 9.17) is 0 Å². The van der Waals surface area contributed by atoms with Crippen LogP contribution in [0.1, 0.15) is 23.4 Å². The van der Waals surface area contributed by atoms with E-state index in [9.17, 15) is 4.79 Å². The fraction of sp³-hybridized carbons (Fsp3) is 0.600. The number of hydrogen-bond acceptors (Lipinski definition) is 4. The number of aryl methyl sites for hydroxylation is 1. The molecule has 1 unspecified atom stereocenters. The molecule has 1 saturated heterocycles. The molecule has 4 nitrogen and oxygen atoms in total. The molecule has 15 heavy (non-hydrogen) atoms. The third-order valence-electron chi connectivity index (χ3n) is 2.64. The van der Waals surface area contributed by atoms with Gasteiger partial charge in [0, 0.05) is 18.0 Å². The van der Waals surface area contributed by atoms with Gasteiger partial charge in [-0.2, -0.15) is 0 Å². The van der Waals surface area contributed by atoms with E-state index in [1.54, 1.807) is 11.3 Å². The number of carbonyl (C=O) groups is 1. The molecule has 2 N–H and O–H groups in total. The third kappa shape index (κ3) is 2.54. The first-order valence-electron chi connectivity index (χ1n) is 5.17. The monoisotopic (exact) mass is 225 g/mol. The van der Waals surface area contributed by atoms with Crippen LogP contribution in [0, 0.1) is 6.92 Å². The zero-order valence-corrected chi connectivity index (χ0v) is 9.56. The lowest BCUT2D eigenvalue weighted by atomic mass is 10.1. The number of amides is 1. The maximum absolute atomic E-state index is 11.5. The topological polar surface area (TPSA) is 54.0 Å². The van der Waals surface area contributed by atoms with Crippen molar-refractivity contribution in [2.75, 3.05) is 6.54 Å². The lowest BCUT2D eigenvalue weighted by molar-refractivity contribution is -0.124. The van der Waals surface area contributed by atoms with E-state index in [2.05, 4.69) is 15.6 Å². The lowest BCUT2D eigenvalue weighted by Crippen LogP contribution is -2.47. The molecule has 1 aromatic rings. The quantitative estimate of drug-likeness (QED) is 0.801. The molecule has 0 aromatic carbocycles. The fourth-order valence-corrected chi connectivity index (χ4v) is 2.41. The average Bonchev–Trinajstić information content (AvgIpc) is 2.63. The second kappa shape index (κ2) is 4.72. The molecule has 0 bridgehead atoms. The largest absolute Gasteiger partial charge is 0.355 e. The number of hydrogen-bond donors (Lipinski definition) is 2. The molecule has 0 spiro atoms. The maximum Gasteiger partial charge on any atom is 0.237 e. The van der Waals surface area contributed by atoms with E-state index in [-0.39, 0.29) is 11.9 Å². The molecule has 82 valence electrons. The molecule has 2 rings (SSSR count). The van der Waals surface area contributed by atoms with Crippen molar-refractivity contribution in [1.29, 1.82) is 0 Å². The Balaban J connectivity index is 1.87. The molecule has 1 fully saturated rings. The minimum atomic E-state index is -0.0275. The van der Waals surface area contributed by atoms with Crippen molar-refractivity contribution in [2.24, 2.45) is 0 Å². The SMILES string of the molecule is Cc1ncsc1CNC1CCCNC1=O. The van der Waals surface area contributed by atoms with Crippen LogP contribution in [-0.2, 0) is 11.3 Å². The minimum absolute atomic E-state index is 0.0275. The summed E-state index contributed by atoms with van der Waals surface area (Å²) in [5, 5.41) is 6.14. The highest BCUT2D eigenvalue weighted by molar-refractivity contribution is 7.09. The summed E-state index contributed by atoms with van der Waals surface area (Å²) in [6, 6.07) is -0.0275. The Kier molecular flexibility index (Phi) is 3.33. The van der Waals surface area contributed by atoms with Crippen molar-refractivity contribution in [3.8, 4) is 0 Å². The fourth-order valence-electron chi connectivity index (χ4n) is 1.68. The van der Waals surface area contributed by atoms with E-state index >= 15 is 0 Å². The van der Waals surface area contributed by atoms with Crippen LogP contribution in [0.4, 0.5) is 0 Å². The number of piperidine rings is 1. The van der Waals surface area contributed by atoms with Crippen LogP contribution in [0.3, 0.4) is 0 Å². The summed E-state index contributed by atoms with van der Waals surface area (Å²) in [7, 11) is 0. The molecular weight excluding hydrogens is 210 g/mol. The van der Waals surface area contributed by atoms with Gasteiger partial charge in [0.15, 0.2) is 0 Å². The first-order valence-corrected chi connectivity index (χ1v) is 6.05.